The zero-order valence-corrected chi connectivity index (χ0v) is 13.2. The van der Waals surface area contributed by atoms with Gasteiger partial charge in [0.1, 0.15) is 17.5 Å². The van der Waals surface area contributed by atoms with E-state index in [9.17, 15) is 0 Å². The Kier molecular flexibility index (Phi) is 5.35. The van der Waals surface area contributed by atoms with E-state index in [1.807, 2.05) is 24.3 Å². The Morgan fingerprint density at radius 3 is 2.40 bits per heavy atom. The van der Waals surface area contributed by atoms with Crippen LogP contribution in [-0.2, 0) is 13.0 Å². The fourth-order valence-electron chi connectivity index (χ4n) is 1.89. The maximum atomic E-state index is 4.43. The van der Waals surface area contributed by atoms with Crippen molar-refractivity contribution in [3.05, 3.63) is 33.8 Å². The van der Waals surface area contributed by atoms with Gasteiger partial charge in [0.05, 0.1) is 6.54 Å². The van der Waals surface area contributed by atoms with Gasteiger partial charge in [-0.2, -0.15) is 0 Å². The van der Waals surface area contributed by atoms with Gasteiger partial charge in [0.15, 0.2) is 0 Å². The van der Waals surface area contributed by atoms with Crippen molar-refractivity contribution in [2.45, 2.75) is 40.2 Å². The molecule has 0 aliphatic heterocycles. The summed E-state index contributed by atoms with van der Waals surface area (Å²) in [6, 6.07) is 6.35. The summed E-state index contributed by atoms with van der Waals surface area (Å²) in [5.74, 6) is 2.55. The van der Waals surface area contributed by atoms with Crippen LogP contribution in [0.25, 0.3) is 0 Å². The topological polar surface area (TPSA) is 49.8 Å². The minimum Gasteiger partial charge on any atom is -0.370 e. The molecule has 108 valence electrons. The summed E-state index contributed by atoms with van der Waals surface area (Å²) in [6.07, 6.45) is 2.18. The van der Waals surface area contributed by atoms with Crippen LogP contribution in [0.4, 0.5) is 11.6 Å². The lowest BCUT2D eigenvalue weighted by molar-refractivity contribution is 0.952. The summed E-state index contributed by atoms with van der Waals surface area (Å²) < 4.78 is 0. The van der Waals surface area contributed by atoms with Gasteiger partial charge >= 0.3 is 0 Å². The molecule has 20 heavy (non-hydrogen) atoms. The molecule has 0 aliphatic rings. The van der Waals surface area contributed by atoms with Crippen molar-refractivity contribution in [3.63, 3.8) is 0 Å². The Labute approximate surface area is 124 Å². The van der Waals surface area contributed by atoms with Crippen LogP contribution in [0, 0.1) is 6.92 Å². The molecular weight excluding hydrogens is 268 g/mol. The van der Waals surface area contributed by atoms with Crippen LogP contribution >= 0.6 is 11.3 Å². The average Bonchev–Trinajstić information content (AvgIpc) is 2.90. The summed E-state index contributed by atoms with van der Waals surface area (Å²) in [5, 5.41) is 6.67. The fraction of sp³-hybridized carbons (Fsp3) is 0.467. The standard InChI is InChI=1S/C15H22N4S/c1-4-8-16-14-9-15(19-11(3)18-14)17-10-13-7-6-12(5-2)20-13/h6-7,9H,4-5,8,10H2,1-3H3,(H2,16,17,18,19). The van der Waals surface area contributed by atoms with E-state index in [1.54, 1.807) is 0 Å². The zero-order chi connectivity index (χ0) is 14.4. The van der Waals surface area contributed by atoms with Crippen LogP contribution in [0.15, 0.2) is 18.2 Å². The first-order valence-electron chi connectivity index (χ1n) is 7.12. The highest BCUT2D eigenvalue weighted by atomic mass is 32.1. The van der Waals surface area contributed by atoms with Crippen LogP contribution in [-0.4, -0.2) is 16.5 Å². The van der Waals surface area contributed by atoms with Crippen LogP contribution in [0.5, 0.6) is 0 Å². The first-order chi connectivity index (χ1) is 9.71. The number of nitrogens with one attached hydrogen (secondary N) is 2. The SMILES string of the molecule is CCCNc1cc(NCc2ccc(CC)s2)nc(C)n1. The number of thiophene rings is 1. The third kappa shape index (κ3) is 4.20. The largest absolute Gasteiger partial charge is 0.370 e. The molecule has 0 saturated carbocycles. The van der Waals surface area contributed by atoms with Gasteiger partial charge < -0.3 is 10.6 Å². The van der Waals surface area contributed by atoms with Gasteiger partial charge in [0.25, 0.3) is 0 Å². The second-order valence-corrected chi connectivity index (χ2v) is 5.94. The quantitative estimate of drug-likeness (QED) is 0.813. The van der Waals surface area contributed by atoms with Crippen molar-refractivity contribution in [1.82, 2.24) is 9.97 Å². The van der Waals surface area contributed by atoms with Crippen molar-refractivity contribution in [3.8, 4) is 0 Å². The predicted molar refractivity (Wildman–Crippen MR) is 86.6 cm³/mol. The molecule has 2 rings (SSSR count). The summed E-state index contributed by atoms with van der Waals surface area (Å²) in [5.41, 5.74) is 0. The molecule has 0 unspecified atom stereocenters. The van der Waals surface area contributed by atoms with Crippen molar-refractivity contribution >= 4 is 23.0 Å². The monoisotopic (exact) mass is 290 g/mol. The number of aromatic nitrogens is 2. The Bertz CT molecular complexity index is 551. The molecule has 0 saturated heterocycles. The molecule has 2 N–H and O–H groups in total. The summed E-state index contributed by atoms with van der Waals surface area (Å²) in [7, 11) is 0. The van der Waals surface area contributed by atoms with E-state index in [0.717, 1.165) is 43.4 Å². The predicted octanol–water partition coefficient (Wildman–Crippen LogP) is 3.84. The summed E-state index contributed by atoms with van der Waals surface area (Å²) in [4.78, 5) is 11.6. The van der Waals surface area contributed by atoms with Gasteiger partial charge in [-0.05, 0) is 31.9 Å². The molecule has 0 atom stereocenters. The second kappa shape index (κ2) is 7.24. The van der Waals surface area contributed by atoms with Crippen LogP contribution < -0.4 is 10.6 Å². The molecular formula is C15H22N4S. The van der Waals surface area contributed by atoms with Gasteiger partial charge in [0, 0.05) is 22.4 Å². The molecule has 0 aliphatic carbocycles. The number of nitrogens with zero attached hydrogens (tertiary/aromatic N) is 2. The van der Waals surface area contributed by atoms with Gasteiger partial charge in [-0.3, -0.25) is 0 Å². The van der Waals surface area contributed by atoms with Crippen LogP contribution in [0.1, 0.15) is 35.8 Å². The Balaban J connectivity index is 1.99. The number of aryl methyl sites for hydroxylation is 2. The molecule has 2 heterocycles. The average molecular weight is 290 g/mol. The van der Waals surface area contributed by atoms with Gasteiger partial charge in [-0.25, -0.2) is 9.97 Å². The second-order valence-electron chi connectivity index (χ2n) is 4.69. The van der Waals surface area contributed by atoms with Crippen LogP contribution in [0.2, 0.25) is 0 Å². The normalized spacial score (nSPS) is 10.6. The number of hydrogen-bond donors (Lipinski definition) is 2. The fourth-order valence-corrected chi connectivity index (χ4v) is 2.78. The highest BCUT2D eigenvalue weighted by Gasteiger charge is 2.03. The molecule has 2 aromatic rings. The molecule has 0 bridgehead atoms. The van der Waals surface area contributed by atoms with Crippen molar-refractivity contribution < 1.29 is 0 Å². The molecule has 5 heteroatoms. The van der Waals surface area contributed by atoms with E-state index in [2.05, 4.69) is 46.6 Å². The van der Waals surface area contributed by atoms with Crippen molar-refractivity contribution in [1.29, 1.82) is 0 Å². The Morgan fingerprint density at radius 1 is 1.05 bits per heavy atom. The summed E-state index contributed by atoms with van der Waals surface area (Å²) >= 11 is 1.85. The molecule has 4 nitrogen and oxygen atoms in total. The lowest BCUT2D eigenvalue weighted by atomic mass is 10.3. The lowest BCUT2D eigenvalue weighted by Gasteiger charge is -2.09. The maximum absolute atomic E-state index is 4.43. The minimum absolute atomic E-state index is 0.786. The van der Waals surface area contributed by atoms with E-state index in [0.29, 0.717) is 0 Å². The van der Waals surface area contributed by atoms with Gasteiger partial charge in [0.2, 0.25) is 0 Å². The third-order valence-electron chi connectivity index (χ3n) is 2.90. The zero-order valence-electron chi connectivity index (χ0n) is 12.4. The lowest BCUT2D eigenvalue weighted by Crippen LogP contribution is -2.07. The van der Waals surface area contributed by atoms with E-state index in [1.165, 1.54) is 9.75 Å². The van der Waals surface area contributed by atoms with Gasteiger partial charge in [-0.1, -0.05) is 13.8 Å². The first-order valence-corrected chi connectivity index (χ1v) is 7.94. The highest BCUT2D eigenvalue weighted by molar-refractivity contribution is 7.12. The molecule has 0 spiro atoms. The van der Waals surface area contributed by atoms with Crippen molar-refractivity contribution in [2.24, 2.45) is 0 Å². The number of rotatable bonds is 7. The van der Waals surface area contributed by atoms with E-state index < -0.39 is 0 Å². The molecule has 0 radical (unpaired) electrons. The van der Waals surface area contributed by atoms with E-state index in [-0.39, 0.29) is 0 Å². The Hall–Kier alpha value is -1.62. The smallest absolute Gasteiger partial charge is 0.132 e. The molecule has 0 fully saturated rings. The van der Waals surface area contributed by atoms with Crippen LogP contribution in [0.3, 0.4) is 0 Å². The highest BCUT2D eigenvalue weighted by Crippen LogP contribution is 2.19. The maximum Gasteiger partial charge on any atom is 0.132 e. The van der Waals surface area contributed by atoms with E-state index >= 15 is 0 Å². The number of anilines is 2. The van der Waals surface area contributed by atoms with E-state index in [4.69, 9.17) is 0 Å². The Morgan fingerprint density at radius 2 is 1.75 bits per heavy atom. The van der Waals surface area contributed by atoms with Crippen molar-refractivity contribution in [2.75, 3.05) is 17.2 Å². The first kappa shape index (κ1) is 14.8. The molecule has 0 aromatic carbocycles. The third-order valence-corrected chi connectivity index (χ3v) is 4.13. The molecule has 0 amide bonds. The van der Waals surface area contributed by atoms with Gasteiger partial charge in [-0.15, -0.1) is 11.3 Å². The molecule has 2 aromatic heterocycles. The number of hydrogen-bond acceptors (Lipinski definition) is 5. The minimum atomic E-state index is 0.786. The summed E-state index contributed by atoms with van der Waals surface area (Å²) in [6.45, 7) is 7.99.